The van der Waals surface area contributed by atoms with Crippen LogP contribution in [0.25, 0.3) is 43.9 Å². The van der Waals surface area contributed by atoms with Gasteiger partial charge < -0.3 is 19.7 Å². The number of ether oxygens (including phenoxy) is 2. The Labute approximate surface area is 285 Å². The summed E-state index contributed by atoms with van der Waals surface area (Å²) in [5.41, 5.74) is 5.35. The van der Waals surface area contributed by atoms with E-state index in [4.69, 9.17) is 19.6 Å². The Hall–Kier alpha value is -4.94. The fourth-order valence-electron chi connectivity index (χ4n) is 7.28. The summed E-state index contributed by atoms with van der Waals surface area (Å²) < 4.78 is 44.5. The number of nitrogens with one attached hydrogen (secondary N) is 1. The fourth-order valence-corrected chi connectivity index (χ4v) is 8.23. The van der Waals surface area contributed by atoms with Crippen molar-refractivity contribution >= 4 is 33.2 Å². The van der Waals surface area contributed by atoms with Crippen molar-refractivity contribution in [3.8, 4) is 39.5 Å². The Morgan fingerprint density at radius 2 is 1.96 bits per heavy atom. The Kier molecular flexibility index (Phi) is 7.60. The molecule has 1 aliphatic carbocycles. The van der Waals surface area contributed by atoms with Crippen molar-refractivity contribution in [1.29, 1.82) is 0 Å². The van der Waals surface area contributed by atoms with Crippen LogP contribution >= 0.6 is 11.3 Å². The van der Waals surface area contributed by atoms with Crippen molar-refractivity contribution in [1.82, 2.24) is 25.0 Å². The average Bonchev–Trinajstić information content (AvgIpc) is 3.51. The summed E-state index contributed by atoms with van der Waals surface area (Å²) in [5, 5.41) is 10.7. The maximum absolute atomic E-state index is 16.1. The molecule has 2 aliphatic heterocycles. The standard InChI is InChI=1S/C37H33F2N5O4S/c1-4-30(45)43-10-11-44-28(20(43)2)18-27(42-44)34-32(31-26(39)16-23(38)17-29(31)48-13-12-47-3)35-24(7-14-49-35)33(41-34)21-5-6-25-22(15-21)19-40-36(46)37(25)8-9-37/h4-7,14-18,20H,1,8-13,19H2,2-3H3,(H,40,46)/t20-/m1/s1. The number of halogens is 2. The number of hydrogen-bond acceptors (Lipinski definition) is 7. The maximum Gasteiger partial charge on any atom is 0.246 e. The van der Waals surface area contributed by atoms with Crippen LogP contribution in [0.4, 0.5) is 8.78 Å². The number of nitrogens with zero attached hydrogens (tertiary/aromatic N) is 4. The summed E-state index contributed by atoms with van der Waals surface area (Å²) in [6, 6.07) is 11.7. The van der Waals surface area contributed by atoms with E-state index in [-0.39, 0.29) is 42.4 Å². The molecule has 12 heteroatoms. The number of fused-ring (bicyclic) bond motifs is 4. The SMILES string of the molecule is C=CC(=O)N1CCn2nc(-c3nc(-c4ccc5c(c4)CNC(=O)C54CC4)c4ccsc4c3-c3c(F)cc(F)cc3OCCOC)cc2[C@H]1C. The second-order valence-electron chi connectivity index (χ2n) is 12.7. The number of thiophene rings is 1. The van der Waals surface area contributed by atoms with Crippen LogP contribution in [0.2, 0.25) is 0 Å². The lowest BCUT2D eigenvalue weighted by atomic mass is 9.85. The zero-order chi connectivity index (χ0) is 34.0. The number of rotatable bonds is 8. The van der Waals surface area contributed by atoms with E-state index in [2.05, 4.69) is 18.0 Å². The molecule has 250 valence electrons. The molecule has 0 radical (unpaired) electrons. The van der Waals surface area contributed by atoms with Gasteiger partial charge in [0, 0.05) is 53.5 Å². The van der Waals surface area contributed by atoms with Gasteiger partial charge in [0.25, 0.3) is 0 Å². The molecule has 3 aliphatic rings. The van der Waals surface area contributed by atoms with Crippen LogP contribution in [-0.4, -0.2) is 58.3 Å². The van der Waals surface area contributed by atoms with Crippen LogP contribution in [0.3, 0.4) is 0 Å². The topological polar surface area (TPSA) is 98.6 Å². The highest BCUT2D eigenvalue weighted by atomic mass is 32.1. The first-order valence-corrected chi connectivity index (χ1v) is 17.1. The van der Waals surface area contributed by atoms with Crippen molar-refractivity contribution in [2.45, 2.75) is 44.3 Å². The van der Waals surface area contributed by atoms with E-state index in [9.17, 15) is 14.0 Å². The van der Waals surface area contributed by atoms with Crippen molar-refractivity contribution in [3.05, 3.63) is 89.0 Å². The van der Waals surface area contributed by atoms with Crippen LogP contribution in [0, 0.1) is 11.6 Å². The third-order valence-corrected chi connectivity index (χ3v) is 10.8. The molecule has 0 saturated heterocycles. The van der Waals surface area contributed by atoms with Crippen molar-refractivity contribution < 1.29 is 27.8 Å². The van der Waals surface area contributed by atoms with Crippen molar-refractivity contribution in [3.63, 3.8) is 0 Å². The molecule has 3 aromatic heterocycles. The van der Waals surface area contributed by atoms with Gasteiger partial charge in [0.1, 0.15) is 35.4 Å². The predicted molar refractivity (Wildman–Crippen MR) is 182 cm³/mol. The molecule has 1 saturated carbocycles. The molecule has 8 rings (SSSR count). The Balaban J connectivity index is 1.36. The Morgan fingerprint density at radius 3 is 2.73 bits per heavy atom. The highest BCUT2D eigenvalue weighted by Crippen LogP contribution is 2.52. The summed E-state index contributed by atoms with van der Waals surface area (Å²) in [4.78, 5) is 32.4. The second kappa shape index (κ2) is 11.9. The lowest BCUT2D eigenvalue weighted by Gasteiger charge is -2.33. The zero-order valence-electron chi connectivity index (χ0n) is 27.0. The second-order valence-corrected chi connectivity index (χ2v) is 13.6. The minimum Gasteiger partial charge on any atom is -0.490 e. The Morgan fingerprint density at radius 1 is 1.12 bits per heavy atom. The van der Waals surface area contributed by atoms with Crippen LogP contribution in [0.5, 0.6) is 5.75 Å². The molecule has 2 aromatic carbocycles. The molecule has 1 fully saturated rings. The van der Waals surface area contributed by atoms with E-state index < -0.39 is 17.0 Å². The van der Waals surface area contributed by atoms with Crippen LogP contribution < -0.4 is 10.1 Å². The summed E-state index contributed by atoms with van der Waals surface area (Å²) in [6.07, 6.45) is 2.96. The van der Waals surface area contributed by atoms with Gasteiger partial charge in [-0.15, -0.1) is 11.3 Å². The molecular weight excluding hydrogens is 649 g/mol. The number of carbonyl (C=O) groups is 2. The third kappa shape index (κ3) is 5.04. The zero-order valence-corrected chi connectivity index (χ0v) is 27.8. The molecule has 1 spiro atoms. The predicted octanol–water partition coefficient (Wildman–Crippen LogP) is 6.55. The number of amides is 2. The normalized spacial score (nSPS) is 17.5. The molecule has 0 bridgehead atoms. The number of carbonyl (C=O) groups excluding carboxylic acids is 2. The van der Waals surface area contributed by atoms with Gasteiger partial charge in [-0.05, 0) is 60.5 Å². The van der Waals surface area contributed by atoms with Gasteiger partial charge in [0.05, 0.1) is 41.6 Å². The van der Waals surface area contributed by atoms with Gasteiger partial charge in [-0.1, -0.05) is 18.7 Å². The molecule has 5 aromatic rings. The van der Waals surface area contributed by atoms with Gasteiger partial charge in [-0.25, -0.2) is 13.8 Å². The molecule has 1 N–H and O–H groups in total. The van der Waals surface area contributed by atoms with Crippen LogP contribution in [0.15, 0.2) is 60.5 Å². The minimum atomic E-state index is -0.794. The van der Waals surface area contributed by atoms with Crippen LogP contribution in [0.1, 0.15) is 42.6 Å². The molecule has 5 heterocycles. The van der Waals surface area contributed by atoms with Gasteiger partial charge in [-0.2, -0.15) is 5.10 Å². The Bertz CT molecular complexity index is 2190. The van der Waals surface area contributed by atoms with Gasteiger partial charge >= 0.3 is 0 Å². The first kappa shape index (κ1) is 31.3. The number of benzene rings is 2. The van der Waals surface area contributed by atoms with Crippen LogP contribution in [-0.2, 0) is 32.8 Å². The lowest BCUT2D eigenvalue weighted by molar-refractivity contribution is -0.129. The maximum atomic E-state index is 16.1. The number of methoxy groups -OCH3 is 1. The number of aromatic nitrogens is 3. The van der Waals surface area contributed by atoms with E-state index in [0.29, 0.717) is 42.3 Å². The first-order valence-electron chi connectivity index (χ1n) is 16.2. The molecule has 0 unspecified atom stereocenters. The van der Waals surface area contributed by atoms with Gasteiger partial charge in [-0.3, -0.25) is 14.3 Å². The number of hydrogen-bond donors (Lipinski definition) is 1. The van der Waals surface area contributed by atoms with Gasteiger partial charge in [0.15, 0.2) is 0 Å². The fraction of sp³-hybridized carbons (Fsp3) is 0.297. The lowest BCUT2D eigenvalue weighted by Crippen LogP contribution is -2.40. The monoisotopic (exact) mass is 681 g/mol. The van der Waals surface area contributed by atoms with Gasteiger partial charge in [0.2, 0.25) is 11.8 Å². The van der Waals surface area contributed by atoms with Crippen molar-refractivity contribution in [2.24, 2.45) is 0 Å². The smallest absolute Gasteiger partial charge is 0.246 e. The quantitative estimate of drug-likeness (QED) is 0.147. The summed E-state index contributed by atoms with van der Waals surface area (Å²) >= 11 is 1.42. The molecule has 9 nitrogen and oxygen atoms in total. The molecule has 49 heavy (non-hydrogen) atoms. The molecular formula is C37H33F2N5O4S. The number of pyridine rings is 1. The molecule has 1 atom stereocenters. The third-order valence-electron chi connectivity index (χ3n) is 9.90. The van der Waals surface area contributed by atoms with E-state index in [1.807, 2.05) is 41.3 Å². The minimum absolute atomic E-state index is 0.0272. The first-order chi connectivity index (χ1) is 23.7. The average molecular weight is 682 g/mol. The summed E-state index contributed by atoms with van der Waals surface area (Å²) in [5.74, 6) is -1.63. The highest BCUT2D eigenvalue weighted by Gasteiger charge is 2.53. The van der Waals surface area contributed by atoms with E-state index in [0.717, 1.165) is 51.4 Å². The molecule has 2 amide bonds. The van der Waals surface area contributed by atoms with E-state index >= 15 is 4.39 Å². The van der Waals surface area contributed by atoms with E-state index in [1.54, 1.807) is 4.90 Å². The summed E-state index contributed by atoms with van der Waals surface area (Å²) in [7, 11) is 1.52. The largest absolute Gasteiger partial charge is 0.490 e. The van der Waals surface area contributed by atoms with Crippen molar-refractivity contribution in [2.75, 3.05) is 26.9 Å². The van der Waals surface area contributed by atoms with E-state index in [1.165, 1.54) is 30.6 Å². The highest BCUT2D eigenvalue weighted by molar-refractivity contribution is 7.18. The summed E-state index contributed by atoms with van der Waals surface area (Å²) in [6.45, 7) is 7.22.